The van der Waals surface area contributed by atoms with Gasteiger partial charge in [-0.15, -0.1) is 11.3 Å². The molecule has 0 aliphatic rings. The summed E-state index contributed by atoms with van der Waals surface area (Å²) in [4.78, 5) is 10.2. The van der Waals surface area contributed by atoms with Gasteiger partial charge >= 0.3 is 0 Å². The van der Waals surface area contributed by atoms with Crippen molar-refractivity contribution in [3.8, 4) is 0 Å². The largest absolute Gasteiger partial charge is 0.357 e. The number of guanidine groups is 1. The Bertz CT molecular complexity index is 607. The second-order valence-electron chi connectivity index (χ2n) is 5.62. The summed E-state index contributed by atoms with van der Waals surface area (Å²) in [7, 11) is 0. The summed E-state index contributed by atoms with van der Waals surface area (Å²) >= 11 is 1.80. The molecule has 124 valence electrons. The van der Waals surface area contributed by atoms with E-state index >= 15 is 0 Å². The van der Waals surface area contributed by atoms with E-state index in [4.69, 9.17) is 4.99 Å². The topological polar surface area (TPSA) is 49.3 Å². The van der Waals surface area contributed by atoms with Crippen molar-refractivity contribution in [3.05, 3.63) is 52.0 Å². The third-order valence-electron chi connectivity index (χ3n) is 3.72. The molecule has 0 amide bonds. The van der Waals surface area contributed by atoms with Crippen molar-refractivity contribution < 1.29 is 0 Å². The summed E-state index contributed by atoms with van der Waals surface area (Å²) in [6.45, 7) is 8.94. The van der Waals surface area contributed by atoms with Crippen molar-refractivity contribution in [1.29, 1.82) is 0 Å². The van der Waals surface area contributed by atoms with E-state index in [9.17, 15) is 0 Å². The number of rotatable bonds is 7. The molecule has 0 aliphatic carbocycles. The Kier molecular flexibility index (Phi) is 7.07. The van der Waals surface area contributed by atoms with E-state index in [1.165, 1.54) is 16.0 Å². The lowest BCUT2D eigenvalue weighted by molar-refractivity contribution is 0.754. The quantitative estimate of drug-likeness (QED) is 0.604. The van der Waals surface area contributed by atoms with E-state index in [2.05, 4.69) is 60.0 Å². The average molecular weight is 331 g/mol. The smallest absolute Gasteiger partial charge is 0.191 e. The van der Waals surface area contributed by atoms with Gasteiger partial charge in [-0.05, 0) is 48.9 Å². The lowest BCUT2D eigenvalue weighted by atomic mass is 10.1. The number of hydrogen-bond acceptors (Lipinski definition) is 3. The molecule has 0 saturated heterocycles. The second kappa shape index (κ2) is 9.30. The Balaban J connectivity index is 1.85. The number of pyridine rings is 1. The minimum atomic E-state index is 0.452. The molecule has 5 heteroatoms. The highest BCUT2D eigenvalue weighted by molar-refractivity contribution is 7.10. The molecular formula is C18H26N4S. The molecule has 0 saturated carbocycles. The molecule has 2 aromatic rings. The Labute approximate surface area is 143 Å². The van der Waals surface area contributed by atoms with Gasteiger partial charge in [-0.3, -0.25) is 9.98 Å². The fraction of sp³-hybridized carbons (Fsp3) is 0.444. The number of nitrogens with one attached hydrogen (secondary N) is 2. The van der Waals surface area contributed by atoms with Gasteiger partial charge in [0, 0.05) is 36.3 Å². The lowest BCUT2D eigenvalue weighted by Gasteiger charge is -2.13. The van der Waals surface area contributed by atoms with Crippen molar-refractivity contribution in [2.45, 2.75) is 33.1 Å². The average Bonchev–Trinajstić information content (AvgIpc) is 3.08. The first-order valence-corrected chi connectivity index (χ1v) is 9.03. The summed E-state index contributed by atoms with van der Waals surface area (Å²) < 4.78 is 0. The van der Waals surface area contributed by atoms with Crippen LogP contribution in [0.25, 0.3) is 0 Å². The number of aliphatic imine (C=N–C) groups is 1. The van der Waals surface area contributed by atoms with Gasteiger partial charge in [0.1, 0.15) is 0 Å². The number of aromatic nitrogens is 1. The number of thiophene rings is 1. The van der Waals surface area contributed by atoms with Crippen LogP contribution in [0.5, 0.6) is 0 Å². The predicted octanol–water partition coefficient (Wildman–Crippen LogP) is 3.35. The Morgan fingerprint density at radius 2 is 2.22 bits per heavy atom. The number of hydrogen-bond donors (Lipinski definition) is 2. The van der Waals surface area contributed by atoms with E-state index in [1.807, 2.05) is 12.4 Å². The highest BCUT2D eigenvalue weighted by atomic mass is 32.1. The molecule has 0 spiro atoms. The van der Waals surface area contributed by atoms with Gasteiger partial charge in [0.25, 0.3) is 0 Å². The maximum absolute atomic E-state index is 4.71. The van der Waals surface area contributed by atoms with E-state index < -0.39 is 0 Å². The van der Waals surface area contributed by atoms with Crippen molar-refractivity contribution in [3.63, 3.8) is 0 Å². The first-order valence-electron chi connectivity index (χ1n) is 8.15. The summed E-state index contributed by atoms with van der Waals surface area (Å²) in [6, 6.07) is 6.36. The van der Waals surface area contributed by atoms with Crippen LogP contribution in [0, 0.1) is 6.92 Å². The highest BCUT2D eigenvalue weighted by Gasteiger charge is 2.06. The molecule has 1 atom stereocenters. The highest BCUT2D eigenvalue weighted by Crippen LogP contribution is 2.20. The second-order valence-corrected chi connectivity index (χ2v) is 6.59. The standard InChI is InChI=1S/C18H26N4S/c1-4-20-18(22-13-15(3)17-6-5-11-23-17)21-10-8-16-7-9-19-12-14(16)2/h5-7,9,11-12,15H,4,8,10,13H2,1-3H3,(H2,20,21,22). The van der Waals surface area contributed by atoms with Crippen LogP contribution >= 0.6 is 11.3 Å². The lowest BCUT2D eigenvalue weighted by Crippen LogP contribution is -2.38. The molecular weight excluding hydrogens is 304 g/mol. The Morgan fingerprint density at radius 3 is 2.91 bits per heavy atom. The maximum atomic E-state index is 4.71. The molecule has 2 heterocycles. The zero-order valence-corrected chi connectivity index (χ0v) is 15.0. The molecule has 2 aromatic heterocycles. The van der Waals surface area contributed by atoms with E-state index in [-0.39, 0.29) is 0 Å². The number of nitrogens with zero attached hydrogens (tertiary/aromatic N) is 2. The van der Waals surface area contributed by atoms with Crippen molar-refractivity contribution in [1.82, 2.24) is 15.6 Å². The van der Waals surface area contributed by atoms with Crippen molar-refractivity contribution >= 4 is 17.3 Å². The third kappa shape index (κ3) is 5.67. The fourth-order valence-electron chi connectivity index (χ4n) is 2.33. The monoisotopic (exact) mass is 330 g/mol. The minimum absolute atomic E-state index is 0.452. The predicted molar refractivity (Wildman–Crippen MR) is 99.4 cm³/mol. The van der Waals surface area contributed by atoms with Crippen LogP contribution in [0.4, 0.5) is 0 Å². The molecule has 0 radical (unpaired) electrons. The van der Waals surface area contributed by atoms with Gasteiger partial charge in [0.05, 0.1) is 6.54 Å². The molecule has 2 N–H and O–H groups in total. The molecule has 4 nitrogen and oxygen atoms in total. The van der Waals surface area contributed by atoms with Crippen molar-refractivity contribution in [2.75, 3.05) is 19.6 Å². The van der Waals surface area contributed by atoms with Gasteiger partial charge < -0.3 is 10.6 Å². The van der Waals surface area contributed by atoms with Crippen LogP contribution in [-0.4, -0.2) is 30.6 Å². The molecule has 0 fully saturated rings. The summed E-state index contributed by atoms with van der Waals surface area (Å²) in [5, 5.41) is 8.85. The maximum Gasteiger partial charge on any atom is 0.191 e. The van der Waals surface area contributed by atoms with E-state index in [1.54, 1.807) is 11.3 Å². The van der Waals surface area contributed by atoms with E-state index in [0.29, 0.717) is 5.92 Å². The normalized spacial score (nSPS) is 12.9. The van der Waals surface area contributed by atoms with Gasteiger partial charge in [0.2, 0.25) is 0 Å². The molecule has 0 bridgehead atoms. The molecule has 23 heavy (non-hydrogen) atoms. The molecule has 2 rings (SSSR count). The van der Waals surface area contributed by atoms with Crippen LogP contribution in [0.3, 0.4) is 0 Å². The van der Waals surface area contributed by atoms with Crippen LogP contribution in [0.15, 0.2) is 41.0 Å². The van der Waals surface area contributed by atoms with Gasteiger partial charge in [-0.1, -0.05) is 13.0 Å². The SMILES string of the molecule is CCNC(=NCC(C)c1cccs1)NCCc1ccncc1C. The Hall–Kier alpha value is -1.88. The summed E-state index contributed by atoms with van der Waals surface area (Å²) in [5.41, 5.74) is 2.57. The molecule has 0 aliphatic heterocycles. The van der Waals surface area contributed by atoms with E-state index in [0.717, 1.165) is 32.0 Å². The molecule has 1 unspecified atom stereocenters. The van der Waals surface area contributed by atoms with Gasteiger partial charge in [-0.2, -0.15) is 0 Å². The fourth-order valence-corrected chi connectivity index (χ4v) is 3.11. The van der Waals surface area contributed by atoms with Crippen LogP contribution in [0.2, 0.25) is 0 Å². The number of aryl methyl sites for hydroxylation is 1. The van der Waals surface area contributed by atoms with Crippen LogP contribution in [0.1, 0.15) is 35.8 Å². The van der Waals surface area contributed by atoms with Crippen LogP contribution < -0.4 is 10.6 Å². The zero-order chi connectivity index (χ0) is 16.5. The van der Waals surface area contributed by atoms with Crippen LogP contribution in [-0.2, 0) is 6.42 Å². The third-order valence-corrected chi connectivity index (χ3v) is 4.82. The van der Waals surface area contributed by atoms with Gasteiger partial charge in [-0.25, -0.2) is 0 Å². The molecule has 0 aromatic carbocycles. The first kappa shape index (κ1) is 17.5. The first-order chi connectivity index (χ1) is 11.2. The Morgan fingerprint density at radius 1 is 1.35 bits per heavy atom. The van der Waals surface area contributed by atoms with Gasteiger partial charge in [0.15, 0.2) is 5.96 Å². The zero-order valence-electron chi connectivity index (χ0n) is 14.2. The minimum Gasteiger partial charge on any atom is -0.357 e. The summed E-state index contributed by atoms with van der Waals surface area (Å²) in [6.07, 6.45) is 4.74. The van der Waals surface area contributed by atoms with Crippen molar-refractivity contribution in [2.24, 2.45) is 4.99 Å². The summed E-state index contributed by atoms with van der Waals surface area (Å²) in [5.74, 6) is 1.34.